The summed E-state index contributed by atoms with van der Waals surface area (Å²) in [7, 11) is 0. The van der Waals surface area contributed by atoms with E-state index in [1.807, 2.05) is 30.3 Å². The van der Waals surface area contributed by atoms with E-state index >= 15 is 0 Å². The molecule has 0 aliphatic rings. The second-order valence-corrected chi connectivity index (χ2v) is 6.14. The Morgan fingerprint density at radius 2 is 1.86 bits per heavy atom. The summed E-state index contributed by atoms with van der Waals surface area (Å²) < 4.78 is 16.3. The van der Waals surface area contributed by atoms with E-state index in [0.717, 1.165) is 5.56 Å². The minimum atomic E-state index is -0.157. The van der Waals surface area contributed by atoms with Crippen molar-refractivity contribution in [3.05, 3.63) is 95.9 Å². The second-order valence-electron chi connectivity index (χ2n) is 6.14. The van der Waals surface area contributed by atoms with E-state index < -0.39 is 0 Å². The molecule has 0 aliphatic carbocycles. The molecular weight excluding hydrogens is 356 g/mol. The molecule has 2 heterocycles. The topological polar surface area (TPSA) is 77.5 Å². The smallest absolute Gasteiger partial charge is 0.251 e. The van der Waals surface area contributed by atoms with E-state index in [4.69, 9.17) is 13.7 Å². The van der Waals surface area contributed by atoms with Crippen molar-refractivity contribution in [1.29, 1.82) is 0 Å². The molecule has 0 spiro atoms. The highest BCUT2D eigenvalue weighted by Crippen LogP contribution is 2.21. The number of hydrogen-bond acceptors (Lipinski definition) is 5. The highest BCUT2D eigenvalue weighted by Gasteiger charge is 2.10. The highest BCUT2D eigenvalue weighted by molar-refractivity contribution is 5.94. The molecule has 2 aromatic heterocycles. The van der Waals surface area contributed by atoms with Gasteiger partial charge in [0.1, 0.15) is 18.1 Å². The van der Waals surface area contributed by atoms with Crippen LogP contribution in [-0.2, 0) is 13.2 Å². The standard InChI is InChI=1S/C22H18N2O4/c25-22(23-14-16-6-2-1-3-7-16)17-8-4-9-19(12-17)27-15-18-13-21(28-24-18)20-10-5-11-26-20/h1-13H,14-15H2,(H,23,25). The normalized spacial score (nSPS) is 10.6. The lowest BCUT2D eigenvalue weighted by Crippen LogP contribution is -2.22. The lowest BCUT2D eigenvalue weighted by Gasteiger charge is -2.08. The molecule has 140 valence electrons. The van der Waals surface area contributed by atoms with Gasteiger partial charge >= 0.3 is 0 Å². The molecule has 0 unspecified atom stereocenters. The molecule has 4 rings (SSSR count). The number of carbonyl (C=O) groups is 1. The molecule has 0 fully saturated rings. The fourth-order valence-corrected chi connectivity index (χ4v) is 2.68. The first kappa shape index (κ1) is 17.6. The van der Waals surface area contributed by atoms with Crippen LogP contribution in [0.5, 0.6) is 5.75 Å². The van der Waals surface area contributed by atoms with Crippen molar-refractivity contribution in [2.75, 3.05) is 0 Å². The van der Waals surface area contributed by atoms with Gasteiger partial charge in [-0.05, 0) is 35.9 Å². The van der Waals surface area contributed by atoms with E-state index in [-0.39, 0.29) is 12.5 Å². The zero-order chi connectivity index (χ0) is 19.2. The van der Waals surface area contributed by atoms with Gasteiger partial charge in [-0.2, -0.15) is 0 Å². The molecule has 0 saturated carbocycles. The SMILES string of the molecule is O=C(NCc1ccccc1)c1cccc(OCc2cc(-c3ccco3)on2)c1. The number of hydrogen-bond donors (Lipinski definition) is 1. The molecule has 0 bridgehead atoms. The Morgan fingerprint density at radius 3 is 2.68 bits per heavy atom. The number of benzene rings is 2. The third-order valence-corrected chi connectivity index (χ3v) is 4.10. The predicted molar refractivity (Wildman–Crippen MR) is 103 cm³/mol. The van der Waals surface area contributed by atoms with Gasteiger partial charge < -0.3 is 19.0 Å². The molecule has 2 aromatic carbocycles. The van der Waals surface area contributed by atoms with Crippen LogP contribution in [0.15, 0.2) is 88.0 Å². The molecule has 6 nitrogen and oxygen atoms in total. The Kier molecular flexibility index (Phi) is 5.20. The van der Waals surface area contributed by atoms with Crippen molar-refractivity contribution in [2.24, 2.45) is 0 Å². The van der Waals surface area contributed by atoms with Crippen molar-refractivity contribution in [3.63, 3.8) is 0 Å². The molecule has 0 aliphatic heterocycles. The summed E-state index contributed by atoms with van der Waals surface area (Å²) in [6.45, 7) is 0.693. The first-order valence-electron chi connectivity index (χ1n) is 8.82. The Morgan fingerprint density at radius 1 is 0.964 bits per heavy atom. The first-order valence-corrected chi connectivity index (χ1v) is 8.82. The predicted octanol–water partition coefficient (Wildman–Crippen LogP) is 4.44. The minimum Gasteiger partial charge on any atom is -0.487 e. The number of furan rings is 1. The number of rotatable bonds is 7. The van der Waals surface area contributed by atoms with Gasteiger partial charge in [-0.3, -0.25) is 4.79 Å². The van der Waals surface area contributed by atoms with E-state index in [1.165, 1.54) is 0 Å². The largest absolute Gasteiger partial charge is 0.487 e. The van der Waals surface area contributed by atoms with Crippen LogP contribution in [0.3, 0.4) is 0 Å². The van der Waals surface area contributed by atoms with Gasteiger partial charge in [0.2, 0.25) is 5.76 Å². The highest BCUT2D eigenvalue weighted by atomic mass is 16.5. The third-order valence-electron chi connectivity index (χ3n) is 4.10. The Balaban J connectivity index is 1.35. The Hall–Kier alpha value is -3.80. The van der Waals surface area contributed by atoms with Crippen molar-refractivity contribution in [2.45, 2.75) is 13.2 Å². The average Bonchev–Trinajstić information content (AvgIpc) is 3.43. The van der Waals surface area contributed by atoms with E-state index in [0.29, 0.717) is 35.1 Å². The molecular formula is C22H18N2O4. The van der Waals surface area contributed by atoms with Crippen LogP contribution in [-0.4, -0.2) is 11.1 Å². The van der Waals surface area contributed by atoms with Crippen LogP contribution in [0.4, 0.5) is 0 Å². The zero-order valence-corrected chi connectivity index (χ0v) is 15.0. The minimum absolute atomic E-state index is 0.157. The molecule has 1 amide bonds. The summed E-state index contributed by atoms with van der Waals surface area (Å²) in [4.78, 5) is 12.4. The molecule has 1 N–H and O–H groups in total. The van der Waals surface area contributed by atoms with Gasteiger partial charge in [-0.25, -0.2) is 0 Å². The van der Waals surface area contributed by atoms with Crippen LogP contribution in [0.2, 0.25) is 0 Å². The van der Waals surface area contributed by atoms with Gasteiger partial charge in [0, 0.05) is 18.2 Å². The van der Waals surface area contributed by atoms with Crippen LogP contribution >= 0.6 is 0 Å². The fourth-order valence-electron chi connectivity index (χ4n) is 2.68. The number of nitrogens with zero attached hydrogens (tertiary/aromatic N) is 1. The molecule has 28 heavy (non-hydrogen) atoms. The van der Waals surface area contributed by atoms with E-state index in [2.05, 4.69) is 10.5 Å². The maximum atomic E-state index is 12.4. The molecule has 0 radical (unpaired) electrons. The summed E-state index contributed by atoms with van der Waals surface area (Å²) in [5, 5.41) is 6.87. The van der Waals surface area contributed by atoms with Crippen LogP contribution in [0, 0.1) is 0 Å². The lowest BCUT2D eigenvalue weighted by molar-refractivity contribution is 0.0950. The van der Waals surface area contributed by atoms with E-state index in [1.54, 1.807) is 48.7 Å². The van der Waals surface area contributed by atoms with Gasteiger partial charge in [0.15, 0.2) is 5.76 Å². The molecule has 0 saturated heterocycles. The quantitative estimate of drug-likeness (QED) is 0.517. The monoisotopic (exact) mass is 374 g/mol. The van der Waals surface area contributed by atoms with Crippen molar-refractivity contribution < 1.29 is 18.5 Å². The summed E-state index contributed by atoms with van der Waals surface area (Å²) in [5.41, 5.74) is 2.21. The summed E-state index contributed by atoms with van der Waals surface area (Å²) in [6.07, 6.45) is 1.57. The summed E-state index contributed by atoms with van der Waals surface area (Å²) in [6, 6.07) is 22.1. The number of nitrogens with one attached hydrogen (secondary N) is 1. The second kappa shape index (κ2) is 8.26. The number of aromatic nitrogens is 1. The van der Waals surface area contributed by atoms with E-state index in [9.17, 15) is 4.79 Å². The molecule has 0 atom stereocenters. The molecule has 4 aromatic rings. The van der Waals surface area contributed by atoms with Gasteiger partial charge in [-0.1, -0.05) is 41.6 Å². The average molecular weight is 374 g/mol. The Labute approximate surface area is 161 Å². The van der Waals surface area contributed by atoms with Gasteiger partial charge in [0.05, 0.1) is 6.26 Å². The Bertz CT molecular complexity index is 1040. The maximum absolute atomic E-state index is 12.4. The first-order chi connectivity index (χ1) is 13.8. The van der Waals surface area contributed by atoms with Gasteiger partial charge in [-0.15, -0.1) is 0 Å². The van der Waals surface area contributed by atoms with Crippen LogP contribution < -0.4 is 10.1 Å². The number of ether oxygens (including phenoxy) is 1. The molecule has 6 heteroatoms. The maximum Gasteiger partial charge on any atom is 0.251 e. The van der Waals surface area contributed by atoms with Crippen LogP contribution in [0.1, 0.15) is 21.6 Å². The summed E-state index contributed by atoms with van der Waals surface area (Å²) >= 11 is 0. The number of carbonyl (C=O) groups excluding carboxylic acids is 1. The van der Waals surface area contributed by atoms with Crippen molar-refractivity contribution >= 4 is 5.91 Å². The van der Waals surface area contributed by atoms with Crippen molar-refractivity contribution in [1.82, 2.24) is 10.5 Å². The third kappa shape index (κ3) is 4.29. The number of amides is 1. The lowest BCUT2D eigenvalue weighted by atomic mass is 10.2. The fraction of sp³-hybridized carbons (Fsp3) is 0.0909. The van der Waals surface area contributed by atoms with Crippen LogP contribution in [0.25, 0.3) is 11.5 Å². The van der Waals surface area contributed by atoms with Crippen molar-refractivity contribution in [3.8, 4) is 17.3 Å². The van der Waals surface area contributed by atoms with Gasteiger partial charge in [0.25, 0.3) is 5.91 Å². The summed E-state index contributed by atoms with van der Waals surface area (Å²) in [5.74, 6) is 1.57. The zero-order valence-electron chi connectivity index (χ0n) is 15.0.